The van der Waals surface area contributed by atoms with E-state index in [-0.39, 0.29) is 28.7 Å². The molecule has 29 heavy (non-hydrogen) atoms. The number of carbonyl (C=O) groups is 2. The summed E-state index contributed by atoms with van der Waals surface area (Å²) in [5.41, 5.74) is 1.20. The predicted octanol–water partition coefficient (Wildman–Crippen LogP) is 4.73. The molecule has 2 rings (SSSR count). The van der Waals surface area contributed by atoms with Crippen LogP contribution in [0.1, 0.15) is 80.6 Å². The lowest BCUT2D eigenvalue weighted by molar-refractivity contribution is -0.157. The lowest BCUT2D eigenvalue weighted by Gasteiger charge is -2.54. The Labute approximate surface area is 175 Å². The molecule has 164 valence electrons. The summed E-state index contributed by atoms with van der Waals surface area (Å²) in [6.07, 6.45) is 4.66. The molecule has 0 aromatic rings. The summed E-state index contributed by atoms with van der Waals surface area (Å²) in [6, 6.07) is 0. The third-order valence-electron chi connectivity index (χ3n) is 7.33. The third-order valence-corrected chi connectivity index (χ3v) is 7.33. The lowest BCUT2D eigenvalue weighted by Crippen LogP contribution is -2.53. The topological polar surface area (TPSA) is 72.8 Å². The Bertz CT molecular complexity index is 706. The summed E-state index contributed by atoms with van der Waals surface area (Å²) < 4.78 is 11.2. The molecule has 0 aliphatic heterocycles. The molecule has 2 aliphatic carbocycles. The number of carbonyl (C=O) groups excluding carboxylic acids is 2. The largest absolute Gasteiger partial charge is 0.455 e. The van der Waals surface area contributed by atoms with Gasteiger partial charge in [-0.05, 0) is 67.4 Å². The Morgan fingerprint density at radius 2 is 1.90 bits per heavy atom. The first-order valence-electron chi connectivity index (χ1n) is 10.7. The molecular weight excluding hydrogens is 368 g/mol. The zero-order chi connectivity index (χ0) is 22.2. The smallest absolute Gasteiger partial charge is 0.303 e. The summed E-state index contributed by atoms with van der Waals surface area (Å²) in [6.45, 7) is 17.1. The predicted molar refractivity (Wildman–Crippen MR) is 113 cm³/mol. The minimum absolute atomic E-state index is 0.106. The van der Waals surface area contributed by atoms with E-state index in [1.165, 1.54) is 19.4 Å². The van der Waals surface area contributed by atoms with Crippen molar-refractivity contribution in [3.63, 3.8) is 0 Å². The summed E-state index contributed by atoms with van der Waals surface area (Å²) in [7, 11) is 0. The fourth-order valence-electron chi connectivity index (χ4n) is 5.34. The monoisotopic (exact) mass is 406 g/mol. The van der Waals surface area contributed by atoms with E-state index in [0.717, 1.165) is 31.3 Å². The Hall–Kier alpha value is -1.62. The van der Waals surface area contributed by atoms with Gasteiger partial charge in [-0.1, -0.05) is 39.8 Å². The molecule has 5 heteroatoms. The summed E-state index contributed by atoms with van der Waals surface area (Å²) in [5.74, 6) is -0.805. The van der Waals surface area contributed by atoms with Gasteiger partial charge in [0.05, 0.1) is 6.10 Å². The molecule has 1 unspecified atom stereocenters. The maximum absolute atomic E-state index is 11.8. The first-order chi connectivity index (χ1) is 13.3. The van der Waals surface area contributed by atoms with E-state index >= 15 is 0 Å². The molecule has 5 atom stereocenters. The molecule has 0 fully saturated rings. The van der Waals surface area contributed by atoms with Crippen LogP contribution in [0.25, 0.3) is 0 Å². The van der Waals surface area contributed by atoms with Gasteiger partial charge in [-0.2, -0.15) is 0 Å². The highest BCUT2D eigenvalue weighted by molar-refractivity contribution is 5.67. The van der Waals surface area contributed by atoms with Gasteiger partial charge in [0.15, 0.2) is 0 Å². The second-order valence-corrected chi connectivity index (χ2v) is 9.97. The first-order valence-corrected chi connectivity index (χ1v) is 10.7. The third kappa shape index (κ3) is 4.60. The number of allylic oxidation sites excluding steroid dienone is 1. The number of aliphatic hydroxyl groups excluding tert-OH is 1. The van der Waals surface area contributed by atoms with Crippen molar-refractivity contribution in [2.45, 2.75) is 98.4 Å². The van der Waals surface area contributed by atoms with Gasteiger partial charge in [0.1, 0.15) is 11.7 Å². The van der Waals surface area contributed by atoms with E-state index < -0.39 is 17.8 Å². The van der Waals surface area contributed by atoms with Gasteiger partial charge in [-0.3, -0.25) is 9.59 Å². The standard InChI is InChI=1S/C24H38O5/c1-9-23(7,29-17(4)26)13-14-24(8)15(2)20(27)21(28-16(3)25)19-18(24)11-10-12-22(19,5)6/h9,15,20-21,27H,1,10-14H2,2-8H3/t15-,20-,21+,23?,24-/m1/s1. The molecule has 0 radical (unpaired) electrons. The molecule has 0 aromatic carbocycles. The fourth-order valence-corrected chi connectivity index (χ4v) is 5.34. The van der Waals surface area contributed by atoms with Crippen LogP contribution in [0.5, 0.6) is 0 Å². The number of ether oxygens (including phenoxy) is 2. The molecule has 0 spiro atoms. The first kappa shape index (κ1) is 23.7. The minimum Gasteiger partial charge on any atom is -0.455 e. The van der Waals surface area contributed by atoms with Crippen molar-refractivity contribution in [2.75, 3.05) is 0 Å². The number of hydrogen-bond donors (Lipinski definition) is 1. The number of hydrogen-bond acceptors (Lipinski definition) is 5. The molecule has 0 saturated heterocycles. The fraction of sp³-hybridized carbons (Fsp3) is 0.750. The van der Waals surface area contributed by atoms with Crippen molar-refractivity contribution < 1.29 is 24.2 Å². The summed E-state index contributed by atoms with van der Waals surface area (Å²) in [5, 5.41) is 11.2. The van der Waals surface area contributed by atoms with Crippen LogP contribution in [0.4, 0.5) is 0 Å². The van der Waals surface area contributed by atoms with E-state index in [2.05, 4.69) is 27.4 Å². The lowest BCUT2D eigenvalue weighted by atomic mass is 9.53. The number of esters is 2. The highest BCUT2D eigenvalue weighted by Gasteiger charge is 2.53. The maximum atomic E-state index is 11.8. The van der Waals surface area contributed by atoms with Crippen LogP contribution in [0.15, 0.2) is 23.8 Å². The van der Waals surface area contributed by atoms with Crippen LogP contribution in [0.2, 0.25) is 0 Å². The van der Waals surface area contributed by atoms with E-state index in [1.807, 2.05) is 13.8 Å². The SMILES string of the molecule is C=CC(C)(CC[C@@]1(C)C2=C([C@H](OC(C)=O)[C@H](O)[C@H]1C)C(C)(C)CCC2)OC(C)=O. The molecule has 0 bridgehead atoms. The van der Waals surface area contributed by atoms with Crippen molar-refractivity contribution in [2.24, 2.45) is 16.7 Å². The van der Waals surface area contributed by atoms with Gasteiger partial charge in [-0.15, -0.1) is 0 Å². The molecule has 5 nitrogen and oxygen atoms in total. The Balaban J connectivity index is 2.50. The van der Waals surface area contributed by atoms with Crippen molar-refractivity contribution >= 4 is 11.9 Å². The van der Waals surface area contributed by atoms with Gasteiger partial charge in [0, 0.05) is 13.8 Å². The van der Waals surface area contributed by atoms with Crippen LogP contribution in [0, 0.1) is 16.7 Å². The highest BCUT2D eigenvalue weighted by atomic mass is 16.6. The van der Waals surface area contributed by atoms with Crippen LogP contribution in [-0.2, 0) is 19.1 Å². The molecule has 1 N–H and O–H groups in total. The van der Waals surface area contributed by atoms with Crippen LogP contribution < -0.4 is 0 Å². The van der Waals surface area contributed by atoms with Crippen molar-refractivity contribution in [1.29, 1.82) is 0 Å². The van der Waals surface area contributed by atoms with Gasteiger partial charge >= 0.3 is 11.9 Å². The number of rotatable bonds is 6. The average molecular weight is 407 g/mol. The molecular formula is C24H38O5. The van der Waals surface area contributed by atoms with Gasteiger partial charge < -0.3 is 14.6 Å². The molecule has 0 amide bonds. The molecule has 0 aromatic heterocycles. The van der Waals surface area contributed by atoms with E-state index in [9.17, 15) is 14.7 Å². The van der Waals surface area contributed by atoms with Crippen molar-refractivity contribution in [3.8, 4) is 0 Å². The highest BCUT2D eigenvalue weighted by Crippen LogP contribution is 2.57. The van der Waals surface area contributed by atoms with E-state index in [4.69, 9.17) is 9.47 Å². The van der Waals surface area contributed by atoms with Crippen LogP contribution in [-0.4, -0.2) is 34.9 Å². The normalized spacial score (nSPS) is 33.3. The van der Waals surface area contributed by atoms with Crippen LogP contribution in [0.3, 0.4) is 0 Å². The summed E-state index contributed by atoms with van der Waals surface area (Å²) >= 11 is 0. The maximum Gasteiger partial charge on any atom is 0.303 e. The second kappa shape index (κ2) is 8.25. The molecule has 0 heterocycles. The van der Waals surface area contributed by atoms with Crippen molar-refractivity contribution in [1.82, 2.24) is 0 Å². The molecule has 2 aliphatic rings. The minimum atomic E-state index is -0.774. The average Bonchev–Trinajstić information content (AvgIpc) is 2.60. The Kier molecular flexibility index (Phi) is 6.73. The van der Waals surface area contributed by atoms with Crippen LogP contribution >= 0.6 is 0 Å². The second-order valence-electron chi connectivity index (χ2n) is 9.97. The Morgan fingerprint density at radius 1 is 1.28 bits per heavy atom. The Morgan fingerprint density at radius 3 is 2.41 bits per heavy atom. The molecule has 0 saturated carbocycles. The summed E-state index contributed by atoms with van der Waals surface area (Å²) in [4.78, 5) is 23.4. The number of aliphatic hydroxyl groups is 1. The van der Waals surface area contributed by atoms with Gasteiger partial charge in [0.2, 0.25) is 0 Å². The van der Waals surface area contributed by atoms with Crippen molar-refractivity contribution in [3.05, 3.63) is 23.8 Å². The zero-order valence-electron chi connectivity index (χ0n) is 19.1. The van der Waals surface area contributed by atoms with Gasteiger partial charge in [-0.25, -0.2) is 0 Å². The quantitative estimate of drug-likeness (QED) is 0.510. The van der Waals surface area contributed by atoms with E-state index in [1.54, 1.807) is 6.08 Å². The van der Waals surface area contributed by atoms with E-state index in [0.29, 0.717) is 6.42 Å². The zero-order valence-corrected chi connectivity index (χ0v) is 19.1. The van der Waals surface area contributed by atoms with Gasteiger partial charge in [0.25, 0.3) is 0 Å².